The van der Waals surface area contributed by atoms with Crippen LogP contribution in [0.25, 0.3) is 6.08 Å². The molecule has 1 aromatic heterocycles. The molecule has 1 fully saturated rings. The van der Waals surface area contributed by atoms with Crippen LogP contribution in [0, 0.1) is 6.92 Å². The van der Waals surface area contributed by atoms with Crippen molar-refractivity contribution in [1.82, 2.24) is 5.32 Å². The van der Waals surface area contributed by atoms with E-state index in [9.17, 15) is 9.59 Å². The molecule has 1 saturated carbocycles. The van der Waals surface area contributed by atoms with E-state index in [0.29, 0.717) is 22.0 Å². The summed E-state index contributed by atoms with van der Waals surface area (Å²) in [5.74, 6) is 0.863. The Balaban J connectivity index is 1.64. The van der Waals surface area contributed by atoms with Gasteiger partial charge in [0, 0.05) is 17.8 Å². The molecule has 1 aliphatic rings. The van der Waals surface area contributed by atoms with Crippen molar-refractivity contribution in [2.45, 2.75) is 45.1 Å². The highest BCUT2D eigenvalue weighted by Crippen LogP contribution is 2.23. The van der Waals surface area contributed by atoms with Gasteiger partial charge in [-0.25, -0.2) is 0 Å². The molecule has 0 bridgehead atoms. The molecule has 2 aromatic rings. The van der Waals surface area contributed by atoms with Gasteiger partial charge in [0.15, 0.2) is 0 Å². The van der Waals surface area contributed by atoms with Gasteiger partial charge in [-0.3, -0.25) is 9.59 Å². The fraction of sp³-hybridized carbons (Fsp3) is 0.333. The van der Waals surface area contributed by atoms with E-state index in [0.717, 1.165) is 31.4 Å². The lowest BCUT2D eigenvalue weighted by Crippen LogP contribution is -2.36. The zero-order valence-electron chi connectivity index (χ0n) is 15.3. The lowest BCUT2D eigenvalue weighted by atomic mass is 9.95. The van der Waals surface area contributed by atoms with Gasteiger partial charge in [-0.05, 0) is 56.2 Å². The minimum absolute atomic E-state index is 0.195. The summed E-state index contributed by atoms with van der Waals surface area (Å²) in [6.07, 6.45) is 8.46. The number of aryl methyl sites for hydroxylation is 1. The first-order chi connectivity index (χ1) is 13.0. The van der Waals surface area contributed by atoms with E-state index < -0.39 is 0 Å². The van der Waals surface area contributed by atoms with Gasteiger partial charge in [0.2, 0.25) is 5.91 Å². The van der Waals surface area contributed by atoms with Crippen molar-refractivity contribution in [3.63, 3.8) is 0 Å². The number of furan rings is 1. The van der Waals surface area contributed by atoms with Crippen LogP contribution in [0.1, 0.15) is 54.0 Å². The molecule has 5 nitrogen and oxygen atoms in total. The van der Waals surface area contributed by atoms with Crippen LogP contribution >= 0.6 is 11.6 Å². The minimum atomic E-state index is -0.315. The summed E-state index contributed by atoms with van der Waals surface area (Å²) in [5, 5.41) is 6.15. The Morgan fingerprint density at radius 3 is 2.63 bits per heavy atom. The van der Waals surface area contributed by atoms with Gasteiger partial charge in [0.05, 0.1) is 10.6 Å². The predicted octanol–water partition coefficient (Wildman–Crippen LogP) is 4.96. The molecular weight excluding hydrogens is 364 g/mol. The number of nitrogens with one attached hydrogen (secondary N) is 2. The SMILES string of the molecule is Cc1ccc(C=CC(=O)Nc2ccc(Cl)c(C(=O)NC3CCCCC3)c2)o1. The number of carbonyl (C=O) groups is 2. The second kappa shape index (κ2) is 8.91. The van der Waals surface area contributed by atoms with Crippen LogP contribution in [0.15, 0.2) is 40.8 Å². The molecule has 1 aliphatic carbocycles. The Labute approximate surface area is 163 Å². The summed E-state index contributed by atoms with van der Waals surface area (Å²) >= 11 is 6.19. The minimum Gasteiger partial charge on any atom is -0.462 e. The zero-order chi connectivity index (χ0) is 19.2. The summed E-state index contributed by atoms with van der Waals surface area (Å²) < 4.78 is 5.39. The summed E-state index contributed by atoms with van der Waals surface area (Å²) in [4.78, 5) is 24.7. The highest BCUT2D eigenvalue weighted by atomic mass is 35.5. The fourth-order valence-corrected chi connectivity index (χ4v) is 3.38. The molecule has 27 heavy (non-hydrogen) atoms. The second-order valence-corrected chi connectivity index (χ2v) is 7.18. The van der Waals surface area contributed by atoms with Gasteiger partial charge in [-0.2, -0.15) is 0 Å². The maximum absolute atomic E-state index is 12.6. The average Bonchev–Trinajstić information content (AvgIpc) is 3.08. The Morgan fingerprint density at radius 1 is 1.15 bits per heavy atom. The standard InChI is InChI=1S/C21H23ClN2O3/c1-14-7-9-17(27-14)10-12-20(25)23-16-8-11-19(22)18(13-16)21(26)24-15-5-3-2-4-6-15/h7-13,15H,2-6H2,1H3,(H,23,25)(H,24,26). The molecule has 3 rings (SSSR count). The molecular formula is C21H23ClN2O3. The van der Waals surface area contributed by atoms with Crippen molar-refractivity contribution in [2.24, 2.45) is 0 Å². The van der Waals surface area contributed by atoms with Crippen molar-refractivity contribution >= 4 is 35.2 Å². The molecule has 0 unspecified atom stereocenters. The van der Waals surface area contributed by atoms with Crippen molar-refractivity contribution in [3.8, 4) is 0 Å². The summed E-state index contributed by atoms with van der Waals surface area (Å²) in [6, 6.07) is 8.70. The van der Waals surface area contributed by atoms with Crippen LogP contribution in [0.4, 0.5) is 5.69 Å². The van der Waals surface area contributed by atoms with Crippen LogP contribution in [0.2, 0.25) is 5.02 Å². The monoisotopic (exact) mass is 386 g/mol. The lowest BCUT2D eigenvalue weighted by Gasteiger charge is -2.23. The normalized spacial score (nSPS) is 15.0. The fourth-order valence-electron chi connectivity index (χ4n) is 3.17. The highest BCUT2D eigenvalue weighted by Gasteiger charge is 2.18. The number of halogens is 1. The number of hydrogen-bond donors (Lipinski definition) is 2. The van der Waals surface area contributed by atoms with E-state index in [4.69, 9.17) is 16.0 Å². The number of rotatable bonds is 5. The molecule has 1 aromatic carbocycles. The van der Waals surface area contributed by atoms with Crippen molar-refractivity contribution < 1.29 is 14.0 Å². The number of benzene rings is 1. The topological polar surface area (TPSA) is 71.3 Å². The lowest BCUT2D eigenvalue weighted by molar-refractivity contribution is -0.111. The Hall–Kier alpha value is -2.53. The summed E-state index contributed by atoms with van der Waals surface area (Å²) in [5.41, 5.74) is 0.879. The number of carbonyl (C=O) groups excluding carboxylic acids is 2. The molecule has 0 aliphatic heterocycles. The molecule has 0 atom stereocenters. The third-order valence-corrected chi connectivity index (χ3v) is 4.91. The first-order valence-corrected chi connectivity index (χ1v) is 9.55. The zero-order valence-corrected chi connectivity index (χ0v) is 16.0. The second-order valence-electron chi connectivity index (χ2n) is 6.77. The van der Waals surface area contributed by atoms with Gasteiger partial charge in [-0.1, -0.05) is 30.9 Å². The van der Waals surface area contributed by atoms with E-state index >= 15 is 0 Å². The molecule has 0 saturated heterocycles. The molecule has 2 N–H and O–H groups in total. The number of amides is 2. The number of hydrogen-bond acceptors (Lipinski definition) is 3. The van der Waals surface area contributed by atoms with E-state index in [1.807, 2.05) is 13.0 Å². The van der Waals surface area contributed by atoms with Crippen LogP contribution in [0.5, 0.6) is 0 Å². The van der Waals surface area contributed by atoms with Crippen LogP contribution in [-0.4, -0.2) is 17.9 Å². The van der Waals surface area contributed by atoms with Crippen molar-refractivity contribution in [2.75, 3.05) is 5.32 Å². The van der Waals surface area contributed by atoms with E-state index in [1.165, 1.54) is 12.5 Å². The van der Waals surface area contributed by atoms with E-state index in [-0.39, 0.29) is 17.9 Å². The largest absolute Gasteiger partial charge is 0.462 e. The van der Waals surface area contributed by atoms with Crippen LogP contribution in [0.3, 0.4) is 0 Å². The highest BCUT2D eigenvalue weighted by molar-refractivity contribution is 6.34. The Morgan fingerprint density at radius 2 is 1.93 bits per heavy atom. The van der Waals surface area contributed by atoms with E-state index in [1.54, 1.807) is 30.3 Å². The molecule has 142 valence electrons. The van der Waals surface area contributed by atoms with Crippen molar-refractivity contribution in [3.05, 3.63) is 58.5 Å². The van der Waals surface area contributed by atoms with Gasteiger partial charge in [0.25, 0.3) is 5.91 Å². The Kier molecular flexibility index (Phi) is 6.35. The quantitative estimate of drug-likeness (QED) is 0.713. The molecule has 2 amide bonds. The Bertz CT molecular complexity index is 851. The predicted molar refractivity (Wildman–Crippen MR) is 107 cm³/mol. The number of anilines is 1. The smallest absolute Gasteiger partial charge is 0.253 e. The molecule has 0 spiro atoms. The van der Waals surface area contributed by atoms with Gasteiger partial charge < -0.3 is 15.1 Å². The van der Waals surface area contributed by atoms with E-state index in [2.05, 4.69) is 10.6 Å². The van der Waals surface area contributed by atoms with Gasteiger partial charge in [-0.15, -0.1) is 0 Å². The third-order valence-electron chi connectivity index (χ3n) is 4.58. The van der Waals surface area contributed by atoms with Crippen LogP contribution in [-0.2, 0) is 4.79 Å². The maximum Gasteiger partial charge on any atom is 0.253 e. The molecule has 6 heteroatoms. The molecule has 1 heterocycles. The first-order valence-electron chi connectivity index (χ1n) is 9.17. The van der Waals surface area contributed by atoms with Crippen molar-refractivity contribution in [1.29, 1.82) is 0 Å². The molecule has 0 radical (unpaired) electrons. The maximum atomic E-state index is 12.6. The summed E-state index contributed by atoms with van der Waals surface area (Å²) in [6.45, 7) is 1.84. The third kappa shape index (κ3) is 5.47. The van der Waals surface area contributed by atoms with Gasteiger partial charge >= 0.3 is 0 Å². The van der Waals surface area contributed by atoms with Crippen LogP contribution < -0.4 is 10.6 Å². The summed E-state index contributed by atoms with van der Waals surface area (Å²) in [7, 11) is 0. The van der Waals surface area contributed by atoms with Gasteiger partial charge in [0.1, 0.15) is 11.5 Å². The average molecular weight is 387 g/mol. The first kappa shape index (κ1) is 19.2.